The number of hydrogen-bond donors (Lipinski definition) is 0. The Balaban J connectivity index is 2.44. The second-order valence-electron chi connectivity index (χ2n) is 5.02. The highest BCUT2D eigenvalue weighted by Crippen LogP contribution is 2.23. The van der Waals surface area contributed by atoms with Crippen LogP contribution in [0.4, 0.5) is 4.79 Å². The Hall–Kier alpha value is -1.06. The third kappa shape index (κ3) is 3.53. The lowest BCUT2D eigenvalue weighted by molar-refractivity contribution is -0.119. The highest BCUT2D eigenvalue weighted by molar-refractivity contribution is 5.78. The molecule has 0 aromatic rings. The van der Waals surface area contributed by atoms with E-state index in [1.807, 2.05) is 20.8 Å². The Kier molecular flexibility index (Phi) is 3.37. The molecule has 1 heterocycles. The standard InChI is InChI=1S/C11H19NO3/c1-8(13)7-9-5-6-12(9)10(14)15-11(2,3)4/h9H,5-7H2,1-4H3. The molecule has 1 saturated heterocycles. The average molecular weight is 213 g/mol. The zero-order valence-corrected chi connectivity index (χ0v) is 9.87. The molecule has 0 radical (unpaired) electrons. The van der Waals surface area contributed by atoms with Gasteiger partial charge in [-0.3, -0.25) is 4.79 Å². The third-order valence-corrected chi connectivity index (χ3v) is 2.30. The maximum atomic E-state index is 11.6. The lowest BCUT2D eigenvalue weighted by atomic mass is 9.99. The summed E-state index contributed by atoms with van der Waals surface area (Å²) in [6.07, 6.45) is 1.04. The predicted molar refractivity (Wildman–Crippen MR) is 56.6 cm³/mol. The molecule has 0 aromatic heterocycles. The molecule has 86 valence electrons. The normalized spacial score (nSPS) is 20.8. The summed E-state index contributed by atoms with van der Waals surface area (Å²) in [4.78, 5) is 24.2. The van der Waals surface area contributed by atoms with Gasteiger partial charge in [0.2, 0.25) is 0 Å². The van der Waals surface area contributed by atoms with Crippen molar-refractivity contribution in [1.82, 2.24) is 4.90 Å². The number of hydrogen-bond acceptors (Lipinski definition) is 3. The first-order valence-electron chi connectivity index (χ1n) is 5.28. The van der Waals surface area contributed by atoms with Crippen molar-refractivity contribution in [2.75, 3.05) is 6.54 Å². The van der Waals surface area contributed by atoms with Crippen LogP contribution >= 0.6 is 0 Å². The molecule has 0 aliphatic carbocycles. The van der Waals surface area contributed by atoms with E-state index < -0.39 is 5.60 Å². The van der Waals surface area contributed by atoms with Crippen LogP contribution in [-0.4, -0.2) is 35.0 Å². The van der Waals surface area contributed by atoms with E-state index in [2.05, 4.69) is 0 Å². The van der Waals surface area contributed by atoms with E-state index >= 15 is 0 Å². The van der Waals surface area contributed by atoms with E-state index in [0.717, 1.165) is 6.42 Å². The average Bonchev–Trinajstić information content (AvgIpc) is 1.93. The Morgan fingerprint density at radius 3 is 2.33 bits per heavy atom. The fraction of sp³-hybridized carbons (Fsp3) is 0.818. The molecule has 0 spiro atoms. The summed E-state index contributed by atoms with van der Waals surface area (Å²) < 4.78 is 5.23. The number of nitrogens with zero attached hydrogens (tertiary/aromatic N) is 1. The van der Waals surface area contributed by atoms with Crippen molar-refractivity contribution in [3.05, 3.63) is 0 Å². The summed E-state index contributed by atoms with van der Waals surface area (Å²) >= 11 is 0. The van der Waals surface area contributed by atoms with Gasteiger partial charge in [-0.15, -0.1) is 0 Å². The molecule has 0 saturated carbocycles. The molecule has 1 fully saturated rings. The zero-order chi connectivity index (χ0) is 11.6. The van der Waals surface area contributed by atoms with Crippen molar-refractivity contribution >= 4 is 11.9 Å². The van der Waals surface area contributed by atoms with Gasteiger partial charge in [0.15, 0.2) is 0 Å². The zero-order valence-electron chi connectivity index (χ0n) is 9.87. The minimum Gasteiger partial charge on any atom is -0.444 e. The molecule has 1 atom stereocenters. The second-order valence-corrected chi connectivity index (χ2v) is 5.02. The first-order valence-corrected chi connectivity index (χ1v) is 5.28. The van der Waals surface area contributed by atoms with Crippen LogP contribution in [0, 0.1) is 0 Å². The van der Waals surface area contributed by atoms with Crippen LogP contribution in [0.25, 0.3) is 0 Å². The molecule has 1 rings (SSSR count). The quantitative estimate of drug-likeness (QED) is 0.704. The minimum atomic E-state index is -0.465. The number of carbonyl (C=O) groups excluding carboxylic acids is 2. The summed E-state index contributed by atoms with van der Waals surface area (Å²) in [6, 6.07) is 0.0531. The van der Waals surface area contributed by atoms with E-state index in [4.69, 9.17) is 4.74 Å². The first-order chi connectivity index (χ1) is 6.79. The molecule has 0 bridgehead atoms. The van der Waals surface area contributed by atoms with E-state index in [1.165, 1.54) is 0 Å². The first kappa shape index (κ1) is 12.0. The van der Waals surface area contributed by atoms with Crippen LogP contribution in [0.3, 0.4) is 0 Å². The predicted octanol–water partition coefficient (Wildman–Crippen LogP) is 1.97. The molecule has 1 aliphatic heterocycles. The van der Waals surface area contributed by atoms with Gasteiger partial charge in [-0.2, -0.15) is 0 Å². The van der Waals surface area contributed by atoms with Crippen molar-refractivity contribution < 1.29 is 14.3 Å². The number of ketones is 1. The molecule has 1 aliphatic rings. The van der Waals surface area contributed by atoms with Gasteiger partial charge in [0, 0.05) is 19.0 Å². The Labute approximate surface area is 90.6 Å². The van der Waals surface area contributed by atoms with Gasteiger partial charge in [-0.1, -0.05) is 0 Å². The lowest BCUT2D eigenvalue weighted by Gasteiger charge is -2.40. The molecule has 4 nitrogen and oxygen atoms in total. The van der Waals surface area contributed by atoms with Crippen LogP contribution in [0.1, 0.15) is 40.5 Å². The number of carbonyl (C=O) groups is 2. The van der Waals surface area contributed by atoms with Gasteiger partial charge in [0.1, 0.15) is 11.4 Å². The van der Waals surface area contributed by atoms with Gasteiger partial charge < -0.3 is 9.64 Å². The summed E-state index contributed by atoms with van der Waals surface area (Å²) in [5.74, 6) is 0.119. The third-order valence-electron chi connectivity index (χ3n) is 2.30. The molecule has 1 amide bonds. The van der Waals surface area contributed by atoms with Crippen LogP contribution in [0.2, 0.25) is 0 Å². The number of ether oxygens (including phenoxy) is 1. The molecular weight excluding hydrogens is 194 g/mol. The largest absolute Gasteiger partial charge is 0.444 e. The molecule has 0 aromatic carbocycles. The van der Waals surface area contributed by atoms with Crippen molar-refractivity contribution in [2.45, 2.75) is 52.2 Å². The SMILES string of the molecule is CC(=O)CC1CCN1C(=O)OC(C)(C)C. The maximum absolute atomic E-state index is 11.6. The van der Waals surface area contributed by atoms with Gasteiger partial charge in [-0.25, -0.2) is 4.79 Å². The Morgan fingerprint density at radius 2 is 2.00 bits per heavy atom. The minimum absolute atomic E-state index is 0.0531. The summed E-state index contributed by atoms with van der Waals surface area (Å²) in [5.41, 5.74) is -0.465. The van der Waals surface area contributed by atoms with Crippen LogP contribution in [0.15, 0.2) is 0 Å². The van der Waals surface area contributed by atoms with Gasteiger partial charge in [0.05, 0.1) is 0 Å². The van der Waals surface area contributed by atoms with Crippen LogP contribution < -0.4 is 0 Å². The number of likely N-dealkylation sites (tertiary alicyclic amines) is 1. The van der Waals surface area contributed by atoms with Crippen molar-refractivity contribution in [3.63, 3.8) is 0 Å². The molecule has 15 heavy (non-hydrogen) atoms. The molecule has 1 unspecified atom stereocenters. The van der Waals surface area contributed by atoms with E-state index in [1.54, 1.807) is 11.8 Å². The smallest absolute Gasteiger partial charge is 0.410 e. The van der Waals surface area contributed by atoms with Gasteiger partial charge in [0.25, 0.3) is 0 Å². The van der Waals surface area contributed by atoms with E-state index in [-0.39, 0.29) is 17.9 Å². The fourth-order valence-electron chi connectivity index (χ4n) is 1.55. The highest BCUT2D eigenvalue weighted by atomic mass is 16.6. The molecule has 4 heteroatoms. The molecular formula is C11H19NO3. The molecule has 0 N–H and O–H groups in total. The van der Waals surface area contributed by atoms with E-state index in [0.29, 0.717) is 13.0 Å². The second kappa shape index (κ2) is 4.21. The summed E-state index contributed by atoms with van der Waals surface area (Å²) in [5, 5.41) is 0. The number of amides is 1. The van der Waals surface area contributed by atoms with Crippen molar-refractivity contribution in [2.24, 2.45) is 0 Å². The number of Topliss-reactive ketones (excluding diaryl/α,β-unsaturated/α-hetero) is 1. The van der Waals surface area contributed by atoms with Crippen molar-refractivity contribution in [3.8, 4) is 0 Å². The topological polar surface area (TPSA) is 46.6 Å². The van der Waals surface area contributed by atoms with E-state index in [9.17, 15) is 9.59 Å². The maximum Gasteiger partial charge on any atom is 0.410 e. The Bertz CT molecular complexity index is 267. The fourth-order valence-corrected chi connectivity index (χ4v) is 1.55. The highest BCUT2D eigenvalue weighted by Gasteiger charge is 2.35. The Morgan fingerprint density at radius 1 is 1.40 bits per heavy atom. The van der Waals surface area contributed by atoms with Crippen LogP contribution in [0.5, 0.6) is 0 Å². The van der Waals surface area contributed by atoms with Gasteiger partial charge in [-0.05, 0) is 34.1 Å². The lowest BCUT2D eigenvalue weighted by Crippen LogP contribution is -2.53. The van der Waals surface area contributed by atoms with Crippen molar-refractivity contribution in [1.29, 1.82) is 0 Å². The summed E-state index contributed by atoms with van der Waals surface area (Å²) in [7, 11) is 0. The van der Waals surface area contributed by atoms with Crippen LogP contribution in [-0.2, 0) is 9.53 Å². The monoisotopic (exact) mass is 213 g/mol. The number of rotatable bonds is 2. The van der Waals surface area contributed by atoms with Gasteiger partial charge >= 0.3 is 6.09 Å². The summed E-state index contributed by atoms with van der Waals surface area (Å²) in [6.45, 7) is 7.76.